The Morgan fingerprint density at radius 3 is 2.71 bits per heavy atom. The summed E-state index contributed by atoms with van der Waals surface area (Å²) >= 11 is 0. The molecule has 1 saturated heterocycles. The Bertz CT molecular complexity index is 771. The van der Waals surface area contributed by atoms with Crippen LogP contribution in [0.4, 0.5) is 0 Å². The molecule has 28 heavy (non-hydrogen) atoms. The molecule has 0 saturated carbocycles. The molecule has 0 spiro atoms. The van der Waals surface area contributed by atoms with Gasteiger partial charge in [0.1, 0.15) is 17.6 Å². The smallest absolute Gasteiger partial charge is 0.194 e. The van der Waals surface area contributed by atoms with Crippen molar-refractivity contribution in [3.8, 4) is 11.5 Å². The van der Waals surface area contributed by atoms with Crippen LogP contribution in [0.15, 0.2) is 41.7 Å². The lowest BCUT2D eigenvalue weighted by molar-refractivity contribution is 0.229. The number of ether oxygens (including phenoxy) is 2. The number of rotatable bonds is 7. The number of nitrogens with one attached hydrogen (secondary N) is 1. The number of methoxy groups -OCH3 is 1. The summed E-state index contributed by atoms with van der Waals surface area (Å²) in [6, 6.07) is 7.64. The first-order valence-electron chi connectivity index (χ1n) is 9.91. The van der Waals surface area contributed by atoms with Gasteiger partial charge in [0.15, 0.2) is 5.96 Å². The number of guanidine groups is 1. The molecule has 2 aromatic rings. The lowest BCUT2D eigenvalue weighted by Gasteiger charge is -2.22. The van der Waals surface area contributed by atoms with Gasteiger partial charge < -0.3 is 19.7 Å². The average molecular weight is 386 g/mol. The van der Waals surface area contributed by atoms with E-state index in [2.05, 4.69) is 28.4 Å². The zero-order chi connectivity index (χ0) is 19.9. The highest BCUT2D eigenvalue weighted by atomic mass is 16.5. The number of aromatic nitrogens is 2. The molecule has 3 rings (SSSR count). The Kier molecular flexibility index (Phi) is 6.79. The van der Waals surface area contributed by atoms with E-state index in [1.54, 1.807) is 7.11 Å². The largest absolute Gasteiger partial charge is 0.497 e. The standard InChI is InChI=1S/C21H31N5O2/c1-5-22-21(26-11-10-17(15-26)18-13-24-25(3)14-18)23-12-16(2)28-20-8-6-19(27-4)7-9-20/h6-9,13-14,16-17H,5,10-12,15H2,1-4H3,(H,22,23). The van der Waals surface area contributed by atoms with Crippen LogP contribution in [0.2, 0.25) is 0 Å². The van der Waals surface area contributed by atoms with Crippen molar-refractivity contribution >= 4 is 5.96 Å². The van der Waals surface area contributed by atoms with Gasteiger partial charge in [0.05, 0.1) is 19.9 Å². The number of nitrogens with zero attached hydrogens (tertiary/aromatic N) is 4. The van der Waals surface area contributed by atoms with E-state index in [0.717, 1.165) is 43.5 Å². The minimum Gasteiger partial charge on any atom is -0.497 e. The van der Waals surface area contributed by atoms with E-state index in [1.807, 2.05) is 49.1 Å². The lowest BCUT2D eigenvalue weighted by atomic mass is 10.0. The first kappa shape index (κ1) is 20.0. The van der Waals surface area contributed by atoms with Gasteiger partial charge in [0.2, 0.25) is 0 Å². The van der Waals surface area contributed by atoms with Crippen LogP contribution in [0.1, 0.15) is 31.7 Å². The SMILES string of the molecule is CCNC(=NCC(C)Oc1ccc(OC)cc1)N1CCC(c2cnn(C)c2)C1. The molecular formula is C21H31N5O2. The quantitative estimate of drug-likeness (QED) is 0.586. The van der Waals surface area contributed by atoms with Crippen LogP contribution in [0.5, 0.6) is 11.5 Å². The topological polar surface area (TPSA) is 63.9 Å². The molecule has 2 unspecified atom stereocenters. The number of benzene rings is 1. The van der Waals surface area contributed by atoms with E-state index >= 15 is 0 Å². The van der Waals surface area contributed by atoms with Crippen molar-refractivity contribution < 1.29 is 9.47 Å². The molecule has 1 aliphatic heterocycles. The Morgan fingerprint density at radius 1 is 1.32 bits per heavy atom. The number of aryl methyl sites for hydroxylation is 1. The summed E-state index contributed by atoms with van der Waals surface area (Å²) in [7, 11) is 3.62. The highest BCUT2D eigenvalue weighted by molar-refractivity contribution is 5.80. The summed E-state index contributed by atoms with van der Waals surface area (Å²) in [5.41, 5.74) is 1.30. The Hall–Kier alpha value is -2.70. The molecule has 0 amide bonds. The van der Waals surface area contributed by atoms with Gasteiger partial charge in [-0.15, -0.1) is 0 Å². The summed E-state index contributed by atoms with van der Waals surface area (Å²) < 4.78 is 13.0. The van der Waals surface area contributed by atoms with Gasteiger partial charge in [0, 0.05) is 38.8 Å². The molecule has 1 fully saturated rings. The van der Waals surface area contributed by atoms with Crippen molar-refractivity contribution in [3.05, 3.63) is 42.2 Å². The van der Waals surface area contributed by atoms with Gasteiger partial charge in [-0.2, -0.15) is 5.10 Å². The second-order valence-electron chi connectivity index (χ2n) is 7.18. The molecule has 0 radical (unpaired) electrons. The number of hydrogen-bond acceptors (Lipinski definition) is 4. The number of aliphatic imine (C=N–C) groups is 1. The van der Waals surface area contributed by atoms with Crippen molar-refractivity contribution in [3.63, 3.8) is 0 Å². The van der Waals surface area contributed by atoms with E-state index in [-0.39, 0.29) is 6.10 Å². The fourth-order valence-electron chi connectivity index (χ4n) is 3.44. The van der Waals surface area contributed by atoms with Crippen LogP contribution in [0, 0.1) is 0 Å². The highest BCUT2D eigenvalue weighted by Gasteiger charge is 2.27. The molecule has 0 aliphatic carbocycles. The fourth-order valence-corrected chi connectivity index (χ4v) is 3.44. The Balaban J connectivity index is 1.57. The summed E-state index contributed by atoms with van der Waals surface area (Å²) in [6.07, 6.45) is 5.19. The minimum absolute atomic E-state index is 0.0150. The van der Waals surface area contributed by atoms with Crippen LogP contribution in [0.3, 0.4) is 0 Å². The van der Waals surface area contributed by atoms with E-state index < -0.39 is 0 Å². The molecule has 152 valence electrons. The molecule has 7 nitrogen and oxygen atoms in total. The monoisotopic (exact) mass is 385 g/mol. The molecule has 2 heterocycles. The van der Waals surface area contributed by atoms with E-state index in [4.69, 9.17) is 14.5 Å². The molecule has 1 N–H and O–H groups in total. The second kappa shape index (κ2) is 9.48. The van der Waals surface area contributed by atoms with Gasteiger partial charge in [-0.1, -0.05) is 0 Å². The van der Waals surface area contributed by atoms with E-state index in [1.165, 1.54) is 5.56 Å². The molecule has 1 aromatic carbocycles. The first-order valence-corrected chi connectivity index (χ1v) is 9.91. The Morgan fingerprint density at radius 2 is 2.07 bits per heavy atom. The van der Waals surface area contributed by atoms with E-state index in [0.29, 0.717) is 12.5 Å². The van der Waals surface area contributed by atoms with Crippen LogP contribution in [-0.4, -0.2) is 60.0 Å². The van der Waals surface area contributed by atoms with Crippen molar-refractivity contribution in [1.29, 1.82) is 0 Å². The van der Waals surface area contributed by atoms with Gasteiger partial charge in [0.25, 0.3) is 0 Å². The molecule has 1 aromatic heterocycles. The molecular weight excluding hydrogens is 354 g/mol. The lowest BCUT2D eigenvalue weighted by Crippen LogP contribution is -2.40. The van der Waals surface area contributed by atoms with E-state index in [9.17, 15) is 0 Å². The summed E-state index contributed by atoms with van der Waals surface area (Å²) in [5.74, 6) is 3.11. The predicted octanol–water partition coefficient (Wildman–Crippen LogP) is 2.65. The summed E-state index contributed by atoms with van der Waals surface area (Å²) in [5, 5.41) is 7.72. The number of hydrogen-bond donors (Lipinski definition) is 1. The summed E-state index contributed by atoms with van der Waals surface area (Å²) in [4.78, 5) is 7.15. The normalized spacial score (nSPS) is 18.2. The van der Waals surface area contributed by atoms with Crippen molar-refractivity contribution in [2.45, 2.75) is 32.3 Å². The maximum Gasteiger partial charge on any atom is 0.194 e. The molecule has 1 aliphatic rings. The van der Waals surface area contributed by atoms with Crippen LogP contribution < -0.4 is 14.8 Å². The van der Waals surface area contributed by atoms with Gasteiger partial charge in [-0.3, -0.25) is 4.68 Å². The van der Waals surface area contributed by atoms with Gasteiger partial charge >= 0.3 is 0 Å². The minimum atomic E-state index is -0.0150. The third kappa shape index (κ3) is 5.18. The van der Waals surface area contributed by atoms with Crippen LogP contribution >= 0.6 is 0 Å². The molecule has 7 heteroatoms. The van der Waals surface area contributed by atoms with Crippen molar-refractivity contribution in [2.75, 3.05) is 33.3 Å². The maximum atomic E-state index is 5.98. The molecule has 2 atom stereocenters. The molecule has 0 bridgehead atoms. The average Bonchev–Trinajstić information content (AvgIpc) is 3.35. The zero-order valence-electron chi connectivity index (χ0n) is 17.3. The third-order valence-corrected chi connectivity index (χ3v) is 4.91. The number of likely N-dealkylation sites (tertiary alicyclic amines) is 1. The predicted molar refractivity (Wildman–Crippen MR) is 111 cm³/mol. The van der Waals surface area contributed by atoms with Crippen LogP contribution in [-0.2, 0) is 7.05 Å². The maximum absolute atomic E-state index is 5.98. The first-order chi connectivity index (χ1) is 13.6. The van der Waals surface area contributed by atoms with Crippen LogP contribution in [0.25, 0.3) is 0 Å². The zero-order valence-corrected chi connectivity index (χ0v) is 17.3. The fraction of sp³-hybridized carbons (Fsp3) is 0.524. The van der Waals surface area contributed by atoms with Crippen molar-refractivity contribution in [2.24, 2.45) is 12.0 Å². The van der Waals surface area contributed by atoms with Gasteiger partial charge in [-0.25, -0.2) is 4.99 Å². The third-order valence-electron chi connectivity index (χ3n) is 4.91. The Labute approximate surface area is 167 Å². The van der Waals surface area contributed by atoms with Gasteiger partial charge in [-0.05, 0) is 50.1 Å². The summed E-state index contributed by atoms with van der Waals surface area (Å²) in [6.45, 7) is 7.55. The second-order valence-corrected chi connectivity index (χ2v) is 7.18. The highest BCUT2D eigenvalue weighted by Crippen LogP contribution is 2.26. The van der Waals surface area contributed by atoms with Crippen molar-refractivity contribution in [1.82, 2.24) is 20.0 Å².